The first-order chi connectivity index (χ1) is 8.72. The minimum Gasteiger partial charge on any atom is -0.461 e. The minimum absolute atomic E-state index is 0.526. The number of hydrogen-bond acceptors (Lipinski definition) is 4. The summed E-state index contributed by atoms with van der Waals surface area (Å²) in [6.07, 6.45) is 3.52. The van der Waals surface area contributed by atoms with Gasteiger partial charge in [-0.3, -0.25) is 4.57 Å². The summed E-state index contributed by atoms with van der Waals surface area (Å²) in [5.74, 6) is 2.90. The van der Waals surface area contributed by atoms with Crippen LogP contribution in [0.3, 0.4) is 0 Å². The summed E-state index contributed by atoms with van der Waals surface area (Å²) in [5.41, 5.74) is 0. The van der Waals surface area contributed by atoms with Crippen LogP contribution in [0.4, 0.5) is 0 Å². The van der Waals surface area contributed by atoms with E-state index in [1.165, 1.54) is 0 Å². The first-order valence-electron chi connectivity index (χ1n) is 5.93. The van der Waals surface area contributed by atoms with Crippen molar-refractivity contribution >= 4 is 11.8 Å². The van der Waals surface area contributed by atoms with Crippen LogP contribution in [0.15, 0.2) is 40.6 Å². The lowest BCUT2D eigenvalue weighted by atomic mass is 10.2. The van der Waals surface area contributed by atoms with Gasteiger partial charge in [0.05, 0.1) is 6.26 Å². The molecule has 2 aromatic rings. The predicted molar refractivity (Wildman–Crippen MR) is 73.5 cm³/mol. The number of aromatic nitrogens is 3. The Morgan fingerprint density at radius 2 is 2.33 bits per heavy atom. The van der Waals surface area contributed by atoms with Crippen molar-refractivity contribution < 1.29 is 4.42 Å². The molecule has 0 spiro atoms. The molecule has 2 aromatic heterocycles. The molecular formula is C13H17N3OS. The van der Waals surface area contributed by atoms with Crippen molar-refractivity contribution in [1.29, 1.82) is 0 Å². The summed E-state index contributed by atoms with van der Waals surface area (Å²) in [7, 11) is 0. The Balaban J connectivity index is 2.34. The Kier molecular flexibility index (Phi) is 4.25. The van der Waals surface area contributed by atoms with Gasteiger partial charge in [0, 0.05) is 12.3 Å². The lowest BCUT2D eigenvalue weighted by Crippen LogP contribution is -2.07. The van der Waals surface area contributed by atoms with Crippen molar-refractivity contribution in [2.75, 3.05) is 5.75 Å². The van der Waals surface area contributed by atoms with Crippen LogP contribution in [0, 0.1) is 5.92 Å². The van der Waals surface area contributed by atoms with Crippen molar-refractivity contribution in [2.45, 2.75) is 25.5 Å². The predicted octanol–water partition coefficient (Wildman–Crippen LogP) is 3.47. The average Bonchev–Trinajstić information content (AvgIpc) is 2.95. The molecule has 0 aliphatic heterocycles. The second-order valence-corrected chi connectivity index (χ2v) is 5.37. The molecule has 2 heterocycles. The highest BCUT2D eigenvalue weighted by atomic mass is 32.2. The molecule has 0 saturated carbocycles. The van der Waals surface area contributed by atoms with Crippen LogP contribution in [0.2, 0.25) is 0 Å². The molecule has 2 rings (SSSR count). The van der Waals surface area contributed by atoms with E-state index in [4.69, 9.17) is 4.42 Å². The van der Waals surface area contributed by atoms with Crippen LogP contribution < -0.4 is 0 Å². The van der Waals surface area contributed by atoms with E-state index in [0.29, 0.717) is 5.92 Å². The fraction of sp³-hybridized carbons (Fsp3) is 0.385. The molecule has 0 aromatic carbocycles. The highest BCUT2D eigenvalue weighted by molar-refractivity contribution is 7.99. The maximum atomic E-state index is 5.41. The van der Waals surface area contributed by atoms with Gasteiger partial charge in [0.2, 0.25) is 0 Å². The van der Waals surface area contributed by atoms with Gasteiger partial charge in [-0.2, -0.15) is 0 Å². The molecule has 0 fully saturated rings. The Bertz CT molecular complexity index is 502. The SMILES string of the molecule is C=CCSc1nnc(-c2ccco2)n1CC(C)C. The third-order valence-electron chi connectivity index (χ3n) is 2.34. The van der Waals surface area contributed by atoms with Gasteiger partial charge < -0.3 is 4.42 Å². The fourth-order valence-electron chi connectivity index (χ4n) is 1.65. The standard InChI is InChI=1S/C13H17N3OS/c1-4-8-18-13-15-14-12(11-6-5-7-17-11)16(13)9-10(2)3/h4-7,10H,1,8-9H2,2-3H3. The van der Waals surface area contributed by atoms with Gasteiger partial charge >= 0.3 is 0 Å². The van der Waals surface area contributed by atoms with Crippen molar-refractivity contribution in [2.24, 2.45) is 5.92 Å². The number of hydrogen-bond donors (Lipinski definition) is 0. The monoisotopic (exact) mass is 263 g/mol. The van der Waals surface area contributed by atoms with E-state index in [0.717, 1.165) is 29.0 Å². The molecule has 0 saturated heterocycles. The zero-order valence-corrected chi connectivity index (χ0v) is 11.5. The molecule has 18 heavy (non-hydrogen) atoms. The molecule has 0 bridgehead atoms. The van der Waals surface area contributed by atoms with Crippen LogP contribution in [-0.2, 0) is 6.54 Å². The molecule has 96 valence electrons. The van der Waals surface area contributed by atoms with Gasteiger partial charge in [-0.1, -0.05) is 31.7 Å². The molecule has 0 radical (unpaired) electrons. The van der Waals surface area contributed by atoms with Crippen LogP contribution in [0.5, 0.6) is 0 Å². The lowest BCUT2D eigenvalue weighted by molar-refractivity contribution is 0.489. The Hall–Kier alpha value is -1.49. The zero-order chi connectivity index (χ0) is 13.0. The Labute approximate surface area is 111 Å². The zero-order valence-electron chi connectivity index (χ0n) is 10.7. The number of nitrogens with zero attached hydrogens (tertiary/aromatic N) is 3. The first-order valence-corrected chi connectivity index (χ1v) is 6.91. The molecule has 0 aliphatic rings. The van der Waals surface area contributed by atoms with E-state index in [2.05, 4.69) is 35.2 Å². The summed E-state index contributed by atoms with van der Waals surface area (Å²) in [6.45, 7) is 8.95. The summed E-state index contributed by atoms with van der Waals surface area (Å²) >= 11 is 1.64. The summed E-state index contributed by atoms with van der Waals surface area (Å²) in [4.78, 5) is 0. The van der Waals surface area contributed by atoms with Gasteiger partial charge in [-0.25, -0.2) is 0 Å². The number of rotatable bonds is 6. The van der Waals surface area contributed by atoms with E-state index in [9.17, 15) is 0 Å². The first kappa shape index (κ1) is 13.0. The molecular weight excluding hydrogens is 246 g/mol. The van der Waals surface area contributed by atoms with Crippen LogP contribution in [0.25, 0.3) is 11.6 Å². The highest BCUT2D eigenvalue weighted by Crippen LogP contribution is 2.25. The smallest absolute Gasteiger partial charge is 0.200 e. The van der Waals surface area contributed by atoms with Crippen molar-refractivity contribution in [3.8, 4) is 11.6 Å². The molecule has 0 amide bonds. The third kappa shape index (κ3) is 2.85. The van der Waals surface area contributed by atoms with E-state index in [1.807, 2.05) is 18.2 Å². The minimum atomic E-state index is 0.526. The topological polar surface area (TPSA) is 43.9 Å². The van der Waals surface area contributed by atoms with E-state index in [1.54, 1.807) is 18.0 Å². The maximum absolute atomic E-state index is 5.41. The van der Waals surface area contributed by atoms with Gasteiger partial charge in [-0.15, -0.1) is 16.8 Å². The summed E-state index contributed by atoms with van der Waals surface area (Å²) in [6, 6.07) is 3.77. The molecule has 0 unspecified atom stereocenters. The van der Waals surface area contributed by atoms with Gasteiger partial charge in [0.1, 0.15) is 0 Å². The molecule has 4 nitrogen and oxygen atoms in total. The normalized spacial score (nSPS) is 11.1. The maximum Gasteiger partial charge on any atom is 0.200 e. The quantitative estimate of drug-likeness (QED) is 0.591. The summed E-state index contributed by atoms with van der Waals surface area (Å²) < 4.78 is 7.52. The largest absolute Gasteiger partial charge is 0.461 e. The Morgan fingerprint density at radius 3 is 2.94 bits per heavy atom. The number of thioether (sulfide) groups is 1. The van der Waals surface area contributed by atoms with E-state index >= 15 is 0 Å². The molecule has 5 heteroatoms. The molecule has 0 aliphatic carbocycles. The average molecular weight is 263 g/mol. The summed E-state index contributed by atoms with van der Waals surface area (Å²) in [5, 5.41) is 9.37. The van der Waals surface area contributed by atoms with Crippen molar-refractivity contribution in [1.82, 2.24) is 14.8 Å². The second-order valence-electron chi connectivity index (χ2n) is 4.39. The lowest BCUT2D eigenvalue weighted by Gasteiger charge is -2.10. The van der Waals surface area contributed by atoms with Gasteiger partial charge in [-0.05, 0) is 18.1 Å². The number of furan rings is 1. The van der Waals surface area contributed by atoms with E-state index < -0.39 is 0 Å². The van der Waals surface area contributed by atoms with Crippen LogP contribution in [-0.4, -0.2) is 20.5 Å². The third-order valence-corrected chi connectivity index (χ3v) is 3.30. The fourth-order valence-corrected chi connectivity index (χ4v) is 2.33. The van der Waals surface area contributed by atoms with Crippen molar-refractivity contribution in [3.05, 3.63) is 31.1 Å². The van der Waals surface area contributed by atoms with E-state index in [-0.39, 0.29) is 0 Å². The van der Waals surface area contributed by atoms with Crippen LogP contribution in [0.1, 0.15) is 13.8 Å². The van der Waals surface area contributed by atoms with Gasteiger partial charge in [0.15, 0.2) is 16.7 Å². The van der Waals surface area contributed by atoms with Crippen LogP contribution >= 0.6 is 11.8 Å². The molecule has 0 atom stereocenters. The van der Waals surface area contributed by atoms with Gasteiger partial charge in [0.25, 0.3) is 0 Å². The molecule has 0 N–H and O–H groups in total. The van der Waals surface area contributed by atoms with Crippen molar-refractivity contribution in [3.63, 3.8) is 0 Å². The second kappa shape index (κ2) is 5.91. The Morgan fingerprint density at radius 1 is 1.50 bits per heavy atom. The highest BCUT2D eigenvalue weighted by Gasteiger charge is 2.16.